The second-order valence-corrected chi connectivity index (χ2v) is 26.3. The van der Waals surface area contributed by atoms with E-state index in [-0.39, 0.29) is 129 Å². The first-order valence-electron chi connectivity index (χ1n) is 37.6. The van der Waals surface area contributed by atoms with Crippen molar-refractivity contribution in [3.63, 3.8) is 0 Å². The third kappa shape index (κ3) is 66.0. The molecular weight excluding hydrogens is 1880 g/mol. The number of carboxylic acid groups (broad SMARTS) is 2. The molecule has 0 aliphatic carbocycles. The molecule has 0 aliphatic heterocycles. The minimum absolute atomic E-state index is 0. The summed E-state index contributed by atoms with van der Waals surface area (Å²) in [6, 6.07) is 30.1. The quantitative estimate of drug-likeness (QED) is 0.0110. The van der Waals surface area contributed by atoms with Gasteiger partial charge in [0.05, 0.1) is 155 Å². The summed E-state index contributed by atoms with van der Waals surface area (Å²) in [5.74, 6) is 5.27. The number of likely N-dealkylation sites (N-methyl/N-ethyl adjacent to an activating group) is 1. The van der Waals surface area contributed by atoms with Gasteiger partial charge >= 0.3 is 109 Å². The van der Waals surface area contributed by atoms with Crippen molar-refractivity contribution in [3.8, 4) is 69.0 Å². The second kappa shape index (κ2) is 88.1. The molecule has 0 spiro atoms. The van der Waals surface area contributed by atoms with Crippen LogP contribution in [-0.2, 0) is 38.1 Å². The van der Waals surface area contributed by atoms with Crippen molar-refractivity contribution in [2.45, 2.75) is 136 Å². The largest absolute Gasteiger partial charge is 1.00 e. The monoisotopic (exact) mass is 2010 g/mol. The molecule has 0 bridgehead atoms. The van der Waals surface area contributed by atoms with Gasteiger partial charge in [-0.05, 0) is 155 Å². The fourth-order valence-electron chi connectivity index (χ4n) is 8.32. The van der Waals surface area contributed by atoms with E-state index in [0.29, 0.717) is 68.2 Å². The Kier molecular flexibility index (Phi) is 99.0. The Morgan fingerprint density at radius 2 is 0.722 bits per heavy atom. The van der Waals surface area contributed by atoms with Crippen LogP contribution in [0.15, 0.2) is 114 Å². The van der Waals surface area contributed by atoms with Crippen LogP contribution in [0.3, 0.4) is 0 Å². The summed E-state index contributed by atoms with van der Waals surface area (Å²) in [5.41, 5.74) is 17.5. The van der Waals surface area contributed by atoms with Gasteiger partial charge < -0.3 is 162 Å². The number of amides is 5. The minimum Gasteiger partial charge on any atom is -0.870 e. The van der Waals surface area contributed by atoms with Crippen LogP contribution >= 0.6 is 52.3 Å². The summed E-state index contributed by atoms with van der Waals surface area (Å²) in [7, 11) is 28.2. The third-order valence-corrected chi connectivity index (χ3v) is 16.3. The van der Waals surface area contributed by atoms with Gasteiger partial charge in [0.2, 0.25) is 5.91 Å². The minimum atomic E-state index is -1.09. The predicted octanol–water partition coefficient (Wildman–Crippen LogP) is 3.23. The number of Topliss-reactive ketones (excluding diaryl/α,β-unsaturated/α-hetero) is 1. The molecule has 5 amide bonds. The average Bonchev–Trinajstić information content (AvgIpc) is 0.853. The van der Waals surface area contributed by atoms with E-state index in [4.69, 9.17) is 84.3 Å². The molecule has 16 N–H and O–H groups in total. The van der Waals surface area contributed by atoms with Crippen LogP contribution in [0.25, 0.3) is 0 Å². The van der Waals surface area contributed by atoms with Gasteiger partial charge in [0, 0.05) is 66.0 Å². The van der Waals surface area contributed by atoms with E-state index in [9.17, 15) is 58.5 Å². The molecule has 6 rings (SSSR count). The molecule has 133 heavy (non-hydrogen) atoms. The van der Waals surface area contributed by atoms with Crippen molar-refractivity contribution in [3.05, 3.63) is 149 Å². The van der Waals surface area contributed by atoms with Crippen molar-refractivity contribution < 1.29 is 222 Å². The maximum Gasteiger partial charge on any atom is 1.00 e. The number of hydrogen-bond donors (Lipinski definition) is 12. The molecule has 744 valence electrons. The van der Waals surface area contributed by atoms with Crippen LogP contribution in [0.1, 0.15) is 121 Å². The van der Waals surface area contributed by atoms with Gasteiger partial charge in [0.1, 0.15) is 81.7 Å². The molecule has 47 heteroatoms. The second-order valence-electron chi connectivity index (χ2n) is 25.1. The Morgan fingerprint density at radius 3 is 0.977 bits per heavy atom. The molecule has 10 atom stereocenters. The number of carboxylic acids is 2. The van der Waals surface area contributed by atoms with E-state index in [1.165, 1.54) is 89.2 Å². The third-order valence-electron chi connectivity index (χ3n) is 15.5. The number of aliphatic hydroxyl groups is 3. The van der Waals surface area contributed by atoms with E-state index < -0.39 is 90.3 Å². The number of nitrogens with zero attached hydrogens (tertiary/aromatic N) is 1. The van der Waals surface area contributed by atoms with Gasteiger partial charge in [-0.3, -0.25) is 19.2 Å². The number of halogens is 4. The molecule has 0 saturated heterocycles. The first-order chi connectivity index (χ1) is 59.3. The van der Waals surface area contributed by atoms with Crippen LogP contribution in [0.4, 0.5) is 24.0 Å². The number of nitrogens with two attached hydrogens (primary N) is 3. The maximum absolute atomic E-state index is 12.2. The van der Waals surface area contributed by atoms with E-state index in [0.717, 1.165) is 33.9 Å². The first kappa shape index (κ1) is 149. The summed E-state index contributed by atoms with van der Waals surface area (Å²) in [6.07, 6.45) is -2.78. The van der Waals surface area contributed by atoms with E-state index in [1.54, 1.807) is 191 Å². The maximum atomic E-state index is 12.2. The molecule has 0 unspecified atom stereocenters. The number of hydrogen-bond acceptors (Lipinski definition) is 33. The summed E-state index contributed by atoms with van der Waals surface area (Å²) >= 11 is 7.94. The van der Waals surface area contributed by atoms with Gasteiger partial charge in [-0.15, -0.1) is 49.1 Å². The molecule has 0 fully saturated rings. The van der Waals surface area contributed by atoms with Gasteiger partial charge in [-0.2, -0.15) is 6.42 Å². The zero-order chi connectivity index (χ0) is 98.1. The summed E-state index contributed by atoms with van der Waals surface area (Å²) in [6.45, 7) is 16.8. The zero-order valence-electron chi connectivity index (χ0n) is 80.8. The number of unbranched alkanes of at least 4 members (excludes halogenated alkanes) is 1. The standard InChI is InChI=1S/C13H19NO5.C13H17NO5.2C11H17NO3.C8H9BrO2.C8H9O2.C7H14N2O3.C5H9NO4.C4H9.C3H7NO2.C2H3ClO2.CH4.2ClH.2Li.Na.H2O/c2*1-8(14-13(16)19-4)12(15)10-7-9(17-2)5-6-11(10)18-3;2*1-7(12)11(13)9-6-8(14-2)4-5-10(9)15-3;1-10-6-3-4-8(11-2)7(9)5-6;1-9-7-3-5-8(10-2)6-4-7;1-5(6(10)9(2)3)8-7(11)12-4;1-3(4(7)8)6-5(9)10-2;1-3-4-2;1-2(4)3(5)6;1-5-2(3)4;;;;;;;/h5-8,12,15H,1-4H3,(H,14,16);5-8H,1-4H3,(H,14,16);2*4-7,11,13H,12H2,1-3H3;3-5H,1-2H3;3-5H,1-2H3;5H,1-4H3,(H,8,11);3H,1-2H3,(H,6,9)(H,7,8);1,3-4H2,2H3;2H,4H2,1H3,(H,5,6);1H3;1H4;2*1H;;;;1H2/q;;;;;-1;;;-1;;;;;;3*+1;/p-1/t8-,12-;8-;2*7-,11-;;;5-;3-;;2-;;;;;;;;/m0000..00.0......../s1. The summed E-state index contributed by atoms with van der Waals surface area (Å²) in [4.78, 5) is 97.0. The van der Waals surface area contributed by atoms with Crippen LogP contribution in [-0.4, -0.2) is 267 Å². The van der Waals surface area contributed by atoms with E-state index in [1.807, 2.05) is 24.3 Å². The number of ether oxygens (including phenoxy) is 17. The fraction of sp³-hybridized carbons (Fsp3) is 0.465. The number of alkyl carbamates (subject to hydrolysis) is 4. The van der Waals surface area contributed by atoms with Crippen LogP contribution < -0.4 is 163 Å². The van der Waals surface area contributed by atoms with Crippen LogP contribution in [0.5, 0.6) is 69.0 Å². The predicted molar refractivity (Wildman–Crippen MR) is 500 cm³/mol. The SMILES string of the molecule is C.COC(=O)Cl.COC(=O)N[C@@H](C)C(=O)N(C)C.COC(=O)N[C@@H](C)C(=O)O.COC(=O)N[C@@H](C)C(=O)c1cc(OC)ccc1OC.COC(=O)N[C@@H](C)[C@H](O)c1cc(OC)ccc1OC.COc1[c-]cc(OC)cc1.COc1ccc(OC)c(Br)c1.COc1ccc(OC)c([C@@H](O)[C@H](C)N)c1.COc1ccc(OC)c([C@@H](O)[C@H](C)N)c1.C[C@H](N)C(=O)O.Cl.Cl.[CH2-]CCC.[Li+].[Li+].[Na+].[OH-]. The number of carbonyl (C=O) groups is 9. The van der Waals surface area contributed by atoms with Crippen molar-refractivity contribution in [1.29, 1.82) is 0 Å². The normalized spacial score (nSPS) is 11.3. The van der Waals surface area contributed by atoms with Gasteiger partial charge in [0.15, 0.2) is 5.78 Å². The van der Waals surface area contributed by atoms with Crippen molar-refractivity contribution >= 4 is 106 Å². The number of ketones is 1. The number of aliphatic carboxylic acids is 2. The Hall–Kier alpha value is -9.19. The first-order valence-corrected chi connectivity index (χ1v) is 38.7. The summed E-state index contributed by atoms with van der Waals surface area (Å²) in [5, 5.41) is 55.5. The molecule has 0 radical (unpaired) electrons. The smallest absolute Gasteiger partial charge is 0.870 e. The zero-order valence-corrected chi connectivity index (χ0v) is 86.8. The number of carbonyl (C=O) groups excluding carboxylic acids is 7. The Labute approximate surface area is 853 Å². The molecule has 6 aromatic carbocycles. The van der Waals surface area contributed by atoms with Crippen molar-refractivity contribution in [1.82, 2.24) is 26.2 Å². The number of nitrogens with one attached hydrogen (secondary N) is 4. The van der Waals surface area contributed by atoms with Gasteiger partial charge in [-0.1, -0.05) is 20.8 Å². The molecular formula is C86H137BrCl3Li2N8NaO32. The average molecular weight is 2020 g/mol. The van der Waals surface area contributed by atoms with Gasteiger partial charge in [0.25, 0.3) is 0 Å². The molecule has 0 heterocycles. The van der Waals surface area contributed by atoms with E-state index >= 15 is 0 Å². The number of rotatable bonds is 28. The molecule has 6 aromatic rings. The molecule has 0 saturated carbocycles. The number of aliphatic hydroxyl groups excluding tert-OH is 3. The van der Waals surface area contributed by atoms with Gasteiger partial charge in [-0.25, -0.2) is 24.0 Å². The van der Waals surface area contributed by atoms with Crippen molar-refractivity contribution in [2.75, 3.05) is 135 Å². The molecule has 40 nitrogen and oxygen atoms in total. The number of methoxy groups -OCH3 is 17. The number of benzene rings is 6. The molecule has 0 aliphatic rings. The van der Waals surface area contributed by atoms with Crippen LogP contribution in [0.2, 0.25) is 0 Å². The Balaban J connectivity index is -0.000000123. The molecule has 0 aromatic heterocycles. The fourth-order valence-corrected chi connectivity index (χ4v) is 8.84. The van der Waals surface area contributed by atoms with Crippen LogP contribution in [0, 0.1) is 13.0 Å². The topological polar surface area (TPSA) is 571 Å². The Morgan fingerprint density at radius 1 is 0.436 bits per heavy atom. The van der Waals surface area contributed by atoms with Crippen molar-refractivity contribution in [2.24, 2.45) is 17.2 Å². The summed E-state index contributed by atoms with van der Waals surface area (Å²) < 4.78 is 83.0. The Bertz CT molecular complexity index is 4020. The van der Waals surface area contributed by atoms with E-state index in [2.05, 4.69) is 92.4 Å².